The molecule has 1 aliphatic rings. The van der Waals surface area contributed by atoms with E-state index in [1.807, 2.05) is 6.07 Å². The molecule has 0 atom stereocenters. The molecule has 0 saturated carbocycles. The van der Waals surface area contributed by atoms with Crippen molar-refractivity contribution in [2.75, 3.05) is 5.75 Å². The summed E-state index contributed by atoms with van der Waals surface area (Å²) in [5, 5.41) is 11.1. The zero-order valence-electron chi connectivity index (χ0n) is 4.55. The van der Waals surface area contributed by atoms with Crippen LogP contribution in [-0.4, -0.2) is 10.1 Å². The standard InChI is InChI=1S/C5H4N2S2/c6-2-1-4-3-9-5(8)7-4/h1H,3H2,(H,7,8). The SMILES string of the molecule is N#CC=C1CSC(=S)N1. The molecule has 0 bridgehead atoms. The summed E-state index contributed by atoms with van der Waals surface area (Å²) in [5.74, 6) is 0.812. The molecular formula is C5H4N2S2. The van der Waals surface area contributed by atoms with Gasteiger partial charge >= 0.3 is 0 Å². The molecular weight excluding hydrogens is 152 g/mol. The number of nitriles is 1. The van der Waals surface area contributed by atoms with Crippen LogP contribution in [0, 0.1) is 11.3 Å². The van der Waals surface area contributed by atoms with Crippen LogP contribution in [-0.2, 0) is 0 Å². The lowest BCUT2D eigenvalue weighted by Crippen LogP contribution is -2.08. The first kappa shape index (κ1) is 6.59. The van der Waals surface area contributed by atoms with Crippen molar-refractivity contribution < 1.29 is 0 Å². The number of hydrogen-bond donors (Lipinski definition) is 1. The zero-order valence-corrected chi connectivity index (χ0v) is 6.18. The Hall–Kier alpha value is -0.530. The summed E-state index contributed by atoms with van der Waals surface area (Å²) >= 11 is 6.36. The van der Waals surface area contributed by atoms with Crippen LogP contribution in [0.1, 0.15) is 0 Å². The Morgan fingerprint density at radius 3 is 3.11 bits per heavy atom. The third-order valence-corrected chi connectivity index (χ3v) is 2.14. The molecule has 0 aromatic carbocycles. The largest absolute Gasteiger partial charge is 0.343 e. The van der Waals surface area contributed by atoms with Gasteiger partial charge in [0.1, 0.15) is 4.32 Å². The fourth-order valence-electron chi connectivity index (χ4n) is 0.502. The molecule has 1 fully saturated rings. The van der Waals surface area contributed by atoms with Gasteiger partial charge in [-0.2, -0.15) is 5.26 Å². The van der Waals surface area contributed by atoms with Crippen LogP contribution in [0.4, 0.5) is 0 Å². The van der Waals surface area contributed by atoms with E-state index in [0.717, 1.165) is 15.8 Å². The van der Waals surface area contributed by atoms with Crippen LogP contribution >= 0.6 is 24.0 Å². The van der Waals surface area contributed by atoms with Gasteiger partial charge in [0.25, 0.3) is 0 Å². The molecule has 1 saturated heterocycles. The van der Waals surface area contributed by atoms with Crippen LogP contribution < -0.4 is 5.32 Å². The number of hydrogen-bond acceptors (Lipinski definition) is 3. The van der Waals surface area contributed by atoms with Gasteiger partial charge < -0.3 is 5.32 Å². The Morgan fingerprint density at radius 1 is 1.89 bits per heavy atom. The highest BCUT2D eigenvalue weighted by atomic mass is 32.2. The third kappa shape index (κ3) is 1.70. The molecule has 0 amide bonds. The predicted molar refractivity (Wildman–Crippen MR) is 41.9 cm³/mol. The summed E-state index contributed by atoms with van der Waals surface area (Å²) in [6.07, 6.45) is 1.48. The summed E-state index contributed by atoms with van der Waals surface area (Å²) in [6.45, 7) is 0. The van der Waals surface area contributed by atoms with Crippen LogP contribution in [0.2, 0.25) is 0 Å². The van der Waals surface area contributed by atoms with Crippen LogP contribution in [0.3, 0.4) is 0 Å². The molecule has 1 rings (SSSR count). The maximum Gasteiger partial charge on any atom is 0.138 e. The molecule has 9 heavy (non-hydrogen) atoms. The molecule has 0 spiro atoms. The highest BCUT2D eigenvalue weighted by Gasteiger charge is 2.09. The summed E-state index contributed by atoms with van der Waals surface area (Å²) in [5.41, 5.74) is 0.910. The molecule has 1 aliphatic heterocycles. The molecule has 4 heteroatoms. The van der Waals surface area contributed by atoms with E-state index in [0.29, 0.717) is 0 Å². The van der Waals surface area contributed by atoms with Crippen molar-refractivity contribution in [3.8, 4) is 6.07 Å². The Morgan fingerprint density at radius 2 is 2.67 bits per heavy atom. The van der Waals surface area contributed by atoms with E-state index in [9.17, 15) is 0 Å². The summed E-state index contributed by atoms with van der Waals surface area (Å²) in [4.78, 5) is 0. The lowest BCUT2D eigenvalue weighted by atomic mass is 10.5. The highest BCUT2D eigenvalue weighted by Crippen LogP contribution is 2.15. The van der Waals surface area contributed by atoms with Crippen molar-refractivity contribution in [1.82, 2.24) is 5.32 Å². The van der Waals surface area contributed by atoms with E-state index in [1.165, 1.54) is 6.08 Å². The minimum Gasteiger partial charge on any atom is -0.343 e. The molecule has 0 radical (unpaired) electrons. The lowest BCUT2D eigenvalue weighted by molar-refractivity contribution is 1.19. The first-order valence-corrected chi connectivity index (χ1v) is 3.75. The average molecular weight is 156 g/mol. The van der Waals surface area contributed by atoms with Gasteiger partial charge in [-0.15, -0.1) is 0 Å². The van der Waals surface area contributed by atoms with Gasteiger partial charge in [0, 0.05) is 17.5 Å². The zero-order chi connectivity index (χ0) is 6.69. The Balaban J connectivity index is 2.60. The van der Waals surface area contributed by atoms with Gasteiger partial charge in [0.2, 0.25) is 0 Å². The van der Waals surface area contributed by atoms with Crippen molar-refractivity contribution in [3.05, 3.63) is 11.8 Å². The monoisotopic (exact) mass is 156 g/mol. The fourth-order valence-corrected chi connectivity index (χ4v) is 1.46. The summed E-state index contributed by atoms with van der Waals surface area (Å²) < 4.78 is 0.761. The maximum absolute atomic E-state index is 8.19. The van der Waals surface area contributed by atoms with Crippen molar-refractivity contribution in [3.63, 3.8) is 0 Å². The third-order valence-electron chi connectivity index (χ3n) is 0.860. The van der Waals surface area contributed by atoms with Crippen LogP contribution in [0.15, 0.2) is 11.8 Å². The minimum absolute atomic E-state index is 0.761. The van der Waals surface area contributed by atoms with Crippen LogP contribution in [0.5, 0.6) is 0 Å². The highest BCUT2D eigenvalue weighted by molar-refractivity contribution is 8.23. The first-order valence-electron chi connectivity index (χ1n) is 2.35. The summed E-state index contributed by atoms with van der Waals surface area (Å²) in [7, 11) is 0. The second-order valence-corrected chi connectivity index (χ2v) is 3.15. The minimum atomic E-state index is 0.761. The maximum atomic E-state index is 8.19. The number of rotatable bonds is 0. The van der Waals surface area contributed by atoms with Gasteiger partial charge in [0.15, 0.2) is 0 Å². The number of allylic oxidation sites excluding steroid dienone is 1. The summed E-state index contributed by atoms with van der Waals surface area (Å²) in [6, 6.07) is 1.93. The van der Waals surface area contributed by atoms with Crippen molar-refractivity contribution in [1.29, 1.82) is 5.26 Å². The Bertz CT molecular complexity index is 201. The quantitative estimate of drug-likeness (QED) is 0.419. The number of thiocarbonyl (C=S) groups is 1. The van der Waals surface area contributed by atoms with Crippen molar-refractivity contribution in [2.45, 2.75) is 0 Å². The fraction of sp³-hybridized carbons (Fsp3) is 0.200. The number of nitrogens with one attached hydrogen (secondary N) is 1. The molecule has 0 unspecified atom stereocenters. The molecule has 2 nitrogen and oxygen atoms in total. The number of thioether (sulfide) groups is 1. The topological polar surface area (TPSA) is 35.8 Å². The Kier molecular flexibility index (Phi) is 2.09. The molecule has 46 valence electrons. The lowest BCUT2D eigenvalue weighted by Gasteiger charge is -1.89. The van der Waals surface area contributed by atoms with E-state index in [4.69, 9.17) is 17.5 Å². The van der Waals surface area contributed by atoms with Gasteiger partial charge in [-0.1, -0.05) is 24.0 Å². The first-order chi connectivity index (χ1) is 4.33. The van der Waals surface area contributed by atoms with Gasteiger partial charge in [-0.25, -0.2) is 0 Å². The number of nitrogens with zero attached hydrogens (tertiary/aromatic N) is 1. The molecule has 1 N–H and O–H groups in total. The average Bonchev–Trinajstić information content (AvgIpc) is 2.17. The van der Waals surface area contributed by atoms with E-state index >= 15 is 0 Å². The molecule has 1 heterocycles. The van der Waals surface area contributed by atoms with Gasteiger partial charge in [0.05, 0.1) is 6.07 Å². The Labute approximate surface area is 62.9 Å². The van der Waals surface area contributed by atoms with E-state index in [2.05, 4.69) is 5.32 Å². The van der Waals surface area contributed by atoms with Gasteiger partial charge in [-0.05, 0) is 0 Å². The molecule has 0 aromatic heterocycles. The van der Waals surface area contributed by atoms with Gasteiger partial charge in [-0.3, -0.25) is 0 Å². The van der Waals surface area contributed by atoms with E-state index in [-0.39, 0.29) is 0 Å². The normalized spacial score (nSPS) is 21.7. The molecule has 0 aromatic rings. The van der Waals surface area contributed by atoms with Crippen molar-refractivity contribution in [2.24, 2.45) is 0 Å². The second-order valence-electron chi connectivity index (χ2n) is 1.50. The van der Waals surface area contributed by atoms with E-state index in [1.54, 1.807) is 11.8 Å². The smallest absolute Gasteiger partial charge is 0.138 e. The van der Waals surface area contributed by atoms with Crippen molar-refractivity contribution >= 4 is 28.3 Å². The van der Waals surface area contributed by atoms with E-state index < -0.39 is 0 Å². The molecule has 0 aliphatic carbocycles. The predicted octanol–water partition coefficient (Wildman–Crippen LogP) is 1.02. The van der Waals surface area contributed by atoms with Crippen LogP contribution in [0.25, 0.3) is 0 Å². The second kappa shape index (κ2) is 2.85.